The third kappa shape index (κ3) is 6.66. The first kappa shape index (κ1) is 20.2. The minimum absolute atomic E-state index is 0.511. The van der Waals surface area contributed by atoms with Crippen molar-refractivity contribution in [2.75, 3.05) is 13.2 Å². The largest absolute Gasteiger partial charge is 0.490 e. The van der Waals surface area contributed by atoms with Crippen molar-refractivity contribution in [2.45, 2.75) is 59.3 Å². The summed E-state index contributed by atoms with van der Waals surface area (Å²) in [7, 11) is 0. The second-order valence-electron chi connectivity index (χ2n) is 6.84. The summed E-state index contributed by atoms with van der Waals surface area (Å²) in [6.45, 7) is 8.02. The van der Waals surface area contributed by atoms with Crippen LogP contribution in [0.3, 0.4) is 0 Å². The van der Waals surface area contributed by atoms with Crippen LogP contribution in [0.15, 0.2) is 36.8 Å². The standard InChI is InChI=1S/C22H32N2O2/c1-4-6-7-8-9-14-25-21-11-10-19(20-16-23-12-13-24-20)15-22(21)26-17-18(3)5-2/h10-13,15-16,18H,4-9,14,17H2,1-3H3. The van der Waals surface area contributed by atoms with E-state index in [2.05, 4.69) is 30.7 Å². The minimum atomic E-state index is 0.511. The number of aromatic nitrogens is 2. The van der Waals surface area contributed by atoms with Crippen LogP contribution in [-0.2, 0) is 0 Å². The Morgan fingerprint density at radius 3 is 2.54 bits per heavy atom. The molecule has 26 heavy (non-hydrogen) atoms. The number of hydrogen-bond donors (Lipinski definition) is 0. The maximum atomic E-state index is 6.07. The molecule has 0 radical (unpaired) electrons. The Morgan fingerprint density at radius 2 is 1.81 bits per heavy atom. The summed E-state index contributed by atoms with van der Waals surface area (Å²) in [5, 5.41) is 0. The Hall–Kier alpha value is -2.10. The molecule has 2 rings (SSSR count). The van der Waals surface area contributed by atoms with E-state index < -0.39 is 0 Å². The van der Waals surface area contributed by atoms with Crippen molar-refractivity contribution >= 4 is 0 Å². The van der Waals surface area contributed by atoms with E-state index in [4.69, 9.17) is 9.47 Å². The molecule has 1 heterocycles. The molecule has 0 aliphatic carbocycles. The third-order valence-corrected chi connectivity index (χ3v) is 4.53. The van der Waals surface area contributed by atoms with Gasteiger partial charge >= 0.3 is 0 Å². The quantitative estimate of drug-likeness (QED) is 0.443. The van der Waals surface area contributed by atoms with Crippen LogP contribution < -0.4 is 9.47 Å². The molecular weight excluding hydrogens is 324 g/mol. The van der Waals surface area contributed by atoms with E-state index in [1.807, 2.05) is 18.2 Å². The fourth-order valence-electron chi connectivity index (χ4n) is 2.59. The number of rotatable bonds is 12. The first-order valence-electron chi connectivity index (χ1n) is 9.90. The fourth-order valence-corrected chi connectivity index (χ4v) is 2.59. The third-order valence-electron chi connectivity index (χ3n) is 4.53. The van der Waals surface area contributed by atoms with E-state index in [9.17, 15) is 0 Å². The zero-order valence-electron chi connectivity index (χ0n) is 16.4. The highest BCUT2D eigenvalue weighted by Gasteiger charge is 2.10. The number of unbranched alkanes of at least 4 members (excludes halogenated alkanes) is 4. The Kier molecular flexibility index (Phi) is 8.94. The van der Waals surface area contributed by atoms with Crippen LogP contribution in [0, 0.1) is 5.92 Å². The highest BCUT2D eigenvalue weighted by molar-refractivity contribution is 5.63. The first-order valence-corrected chi connectivity index (χ1v) is 9.90. The van der Waals surface area contributed by atoms with Crippen LogP contribution in [0.4, 0.5) is 0 Å². The number of hydrogen-bond acceptors (Lipinski definition) is 4. The molecule has 1 unspecified atom stereocenters. The van der Waals surface area contributed by atoms with E-state index >= 15 is 0 Å². The molecule has 0 amide bonds. The average Bonchev–Trinajstić information content (AvgIpc) is 2.69. The monoisotopic (exact) mass is 356 g/mol. The lowest BCUT2D eigenvalue weighted by atomic mass is 10.1. The van der Waals surface area contributed by atoms with Crippen LogP contribution in [0.1, 0.15) is 59.3 Å². The second-order valence-corrected chi connectivity index (χ2v) is 6.84. The normalized spacial score (nSPS) is 12.0. The molecule has 1 aromatic heterocycles. The molecule has 0 aliphatic heterocycles. The van der Waals surface area contributed by atoms with Gasteiger partial charge in [0.05, 0.1) is 25.1 Å². The molecule has 142 valence electrons. The van der Waals surface area contributed by atoms with Crippen molar-refractivity contribution in [2.24, 2.45) is 5.92 Å². The van der Waals surface area contributed by atoms with Gasteiger partial charge in [-0.15, -0.1) is 0 Å². The molecule has 1 aromatic carbocycles. The number of benzene rings is 1. The van der Waals surface area contributed by atoms with Crippen LogP contribution in [-0.4, -0.2) is 23.2 Å². The first-order chi connectivity index (χ1) is 12.7. The van der Waals surface area contributed by atoms with Gasteiger partial charge in [-0.2, -0.15) is 0 Å². The number of nitrogens with zero attached hydrogens (tertiary/aromatic N) is 2. The molecule has 2 aromatic rings. The summed E-state index contributed by atoms with van der Waals surface area (Å²) in [5.74, 6) is 2.12. The predicted octanol–water partition coefficient (Wildman–Crippen LogP) is 5.92. The molecule has 0 aliphatic rings. The summed E-state index contributed by atoms with van der Waals surface area (Å²) >= 11 is 0. The molecule has 0 N–H and O–H groups in total. The summed E-state index contributed by atoms with van der Waals surface area (Å²) in [4.78, 5) is 8.53. The van der Waals surface area contributed by atoms with Gasteiger partial charge in [-0.05, 0) is 30.5 Å². The van der Waals surface area contributed by atoms with Crippen LogP contribution in [0.25, 0.3) is 11.3 Å². The van der Waals surface area contributed by atoms with Crippen LogP contribution in [0.5, 0.6) is 11.5 Å². The van der Waals surface area contributed by atoms with Crippen molar-refractivity contribution in [1.82, 2.24) is 9.97 Å². The summed E-state index contributed by atoms with van der Waals surface area (Å²) in [6.07, 6.45) is 12.4. The number of ether oxygens (including phenoxy) is 2. The van der Waals surface area contributed by atoms with Gasteiger partial charge in [-0.1, -0.05) is 52.9 Å². The average molecular weight is 357 g/mol. The zero-order valence-corrected chi connectivity index (χ0v) is 16.4. The lowest BCUT2D eigenvalue weighted by Gasteiger charge is -2.16. The molecule has 0 fully saturated rings. The van der Waals surface area contributed by atoms with Gasteiger partial charge in [0.1, 0.15) is 0 Å². The van der Waals surface area contributed by atoms with Crippen molar-refractivity contribution in [1.29, 1.82) is 0 Å². The van der Waals surface area contributed by atoms with E-state index in [0.717, 1.165) is 42.2 Å². The van der Waals surface area contributed by atoms with Gasteiger partial charge in [0.2, 0.25) is 0 Å². The summed E-state index contributed by atoms with van der Waals surface area (Å²) in [5.41, 5.74) is 1.83. The zero-order chi connectivity index (χ0) is 18.6. The van der Waals surface area contributed by atoms with E-state index in [0.29, 0.717) is 12.5 Å². The Labute approximate surface area is 158 Å². The lowest BCUT2D eigenvalue weighted by molar-refractivity contribution is 0.232. The fraction of sp³-hybridized carbons (Fsp3) is 0.545. The van der Waals surface area contributed by atoms with Gasteiger partial charge in [0, 0.05) is 18.0 Å². The van der Waals surface area contributed by atoms with Gasteiger partial charge in [0.25, 0.3) is 0 Å². The Balaban J connectivity index is 2.04. The smallest absolute Gasteiger partial charge is 0.161 e. The topological polar surface area (TPSA) is 44.2 Å². The molecule has 0 spiro atoms. The molecule has 0 saturated carbocycles. The van der Waals surface area contributed by atoms with Gasteiger partial charge in [0.15, 0.2) is 11.5 Å². The van der Waals surface area contributed by atoms with Crippen LogP contribution in [0.2, 0.25) is 0 Å². The molecule has 0 bridgehead atoms. The van der Waals surface area contributed by atoms with Crippen LogP contribution >= 0.6 is 0 Å². The molecular formula is C22H32N2O2. The lowest BCUT2D eigenvalue weighted by Crippen LogP contribution is -2.09. The van der Waals surface area contributed by atoms with Gasteiger partial charge in [-0.25, -0.2) is 0 Å². The second kappa shape index (κ2) is 11.5. The highest BCUT2D eigenvalue weighted by Crippen LogP contribution is 2.32. The summed E-state index contributed by atoms with van der Waals surface area (Å²) in [6, 6.07) is 6.02. The Bertz CT molecular complexity index is 631. The molecule has 4 nitrogen and oxygen atoms in total. The molecule has 4 heteroatoms. The van der Waals surface area contributed by atoms with Gasteiger partial charge in [-0.3, -0.25) is 9.97 Å². The summed E-state index contributed by atoms with van der Waals surface area (Å²) < 4.78 is 12.1. The van der Waals surface area contributed by atoms with E-state index in [1.54, 1.807) is 18.6 Å². The molecule has 1 atom stereocenters. The minimum Gasteiger partial charge on any atom is -0.490 e. The van der Waals surface area contributed by atoms with Crippen molar-refractivity contribution < 1.29 is 9.47 Å². The SMILES string of the molecule is CCCCCCCOc1ccc(-c2cnccn2)cc1OCC(C)CC. The maximum Gasteiger partial charge on any atom is 0.161 e. The maximum absolute atomic E-state index is 6.07. The van der Waals surface area contributed by atoms with Crippen molar-refractivity contribution in [3.63, 3.8) is 0 Å². The van der Waals surface area contributed by atoms with E-state index in [-0.39, 0.29) is 0 Å². The van der Waals surface area contributed by atoms with E-state index in [1.165, 1.54) is 25.7 Å². The highest BCUT2D eigenvalue weighted by atomic mass is 16.5. The Morgan fingerprint density at radius 1 is 0.962 bits per heavy atom. The predicted molar refractivity (Wildman–Crippen MR) is 107 cm³/mol. The van der Waals surface area contributed by atoms with Crippen molar-refractivity contribution in [3.05, 3.63) is 36.8 Å². The van der Waals surface area contributed by atoms with Crippen molar-refractivity contribution in [3.8, 4) is 22.8 Å². The molecule has 0 saturated heterocycles. The van der Waals surface area contributed by atoms with Gasteiger partial charge < -0.3 is 9.47 Å².